The third-order valence-corrected chi connectivity index (χ3v) is 17.3. The van der Waals surface area contributed by atoms with Crippen LogP contribution >= 0.6 is 35.3 Å². The molecule has 12 nitrogen and oxygen atoms in total. The first-order valence-corrected chi connectivity index (χ1v) is 32.1. The molecule has 6 aromatic rings. The van der Waals surface area contributed by atoms with Crippen LogP contribution in [0.3, 0.4) is 0 Å². The Morgan fingerprint density at radius 3 is 0.840 bits per heavy atom. The maximum Gasteiger partial charge on any atom is 0.122 e. The number of ether oxygens (including phenoxy) is 6. The third-order valence-electron chi connectivity index (χ3n) is 14.5. The van der Waals surface area contributed by atoms with Crippen LogP contribution in [-0.2, 0) is 38.5 Å². The van der Waals surface area contributed by atoms with Crippen LogP contribution in [-0.4, -0.2) is 183 Å². The molecule has 6 aromatic carbocycles. The minimum atomic E-state index is -0.456. The van der Waals surface area contributed by atoms with Crippen LogP contribution in [0.1, 0.15) is 33.4 Å². The summed E-state index contributed by atoms with van der Waals surface area (Å²) in [6, 6.07) is 48.9. The fourth-order valence-electron chi connectivity index (χ4n) is 9.73. The fraction of sp³-hybridized carbons (Fsp3) is 0.455. The second-order valence-electron chi connectivity index (χ2n) is 20.5. The molecular weight excluding hydrogens is 1070 g/mol. The van der Waals surface area contributed by atoms with Gasteiger partial charge in [0.2, 0.25) is 0 Å². The maximum absolute atomic E-state index is 10.3. The van der Waals surface area contributed by atoms with Gasteiger partial charge in [-0.05, 0) is 127 Å². The molecule has 0 bridgehead atoms. The van der Waals surface area contributed by atoms with E-state index in [4.69, 9.17) is 28.4 Å². The summed E-state index contributed by atoms with van der Waals surface area (Å²) >= 11 is 5.95. The molecule has 3 N–H and O–H groups in total. The van der Waals surface area contributed by atoms with E-state index >= 15 is 0 Å². The third kappa shape index (κ3) is 23.6. The average Bonchev–Trinajstić information content (AvgIpc) is 3.52. The Morgan fingerprint density at radius 1 is 0.346 bits per heavy atom. The molecule has 1 unspecified atom stereocenters. The van der Waals surface area contributed by atoms with Crippen LogP contribution in [0.4, 0.5) is 0 Å². The molecule has 3 aliphatic rings. The highest BCUT2D eigenvalue weighted by Gasteiger charge is 2.19. The van der Waals surface area contributed by atoms with E-state index in [0.717, 1.165) is 147 Å². The van der Waals surface area contributed by atoms with Crippen molar-refractivity contribution in [2.75, 3.05) is 135 Å². The molecule has 81 heavy (non-hydrogen) atoms. The highest BCUT2D eigenvalue weighted by molar-refractivity contribution is 7.99. The van der Waals surface area contributed by atoms with Gasteiger partial charge in [-0.3, -0.25) is 14.7 Å². The van der Waals surface area contributed by atoms with E-state index in [1.54, 1.807) is 21.3 Å². The number of aryl methyl sites for hydroxylation is 6. The number of benzene rings is 6. The Morgan fingerprint density at radius 2 is 0.593 bits per heavy atom. The number of para-hydroxylation sites is 3. The molecule has 3 saturated heterocycles. The second-order valence-corrected chi connectivity index (χ2v) is 24.2. The van der Waals surface area contributed by atoms with Gasteiger partial charge in [0.1, 0.15) is 72.6 Å². The number of methoxy groups -OCH3 is 3. The number of thioether (sulfide) groups is 3. The van der Waals surface area contributed by atoms with Crippen LogP contribution < -0.4 is 28.4 Å². The predicted molar refractivity (Wildman–Crippen MR) is 336 cm³/mol. The summed E-state index contributed by atoms with van der Waals surface area (Å²) in [5.74, 6) is 12.2. The van der Waals surface area contributed by atoms with Crippen LogP contribution in [0.25, 0.3) is 0 Å². The lowest BCUT2D eigenvalue weighted by molar-refractivity contribution is 0.0711. The average molecular weight is 1160 g/mol. The molecule has 0 aliphatic carbocycles. The van der Waals surface area contributed by atoms with Crippen LogP contribution in [0.2, 0.25) is 0 Å². The molecule has 0 radical (unpaired) electrons. The summed E-state index contributed by atoms with van der Waals surface area (Å²) < 4.78 is 33.5. The molecule has 9 rings (SSSR count). The zero-order valence-corrected chi connectivity index (χ0v) is 50.4. The van der Waals surface area contributed by atoms with E-state index in [0.29, 0.717) is 39.5 Å². The van der Waals surface area contributed by atoms with Crippen molar-refractivity contribution in [1.29, 1.82) is 0 Å². The van der Waals surface area contributed by atoms with Gasteiger partial charge >= 0.3 is 0 Å². The summed E-state index contributed by atoms with van der Waals surface area (Å²) in [6.45, 7) is 9.41. The first-order valence-electron chi connectivity index (χ1n) is 28.7. The van der Waals surface area contributed by atoms with E-state index in [1.807, 2.05) is 126 Å². The van der Waals surface area contributed by atoms with Crippen molar-refractivity contribution in [1.82, 2.24) is 14.7 Å². The molecule has 3 aliphatic heterocycles. The van der Waals surface area contributed by atoms with E-state index < -0.39 is 18.3 Å². The Bertz CT molecular complexity index is 2350. The van der Waals surface area contributed by atoms with Gasteiger partial charge in [0.25, 0.3) is 0 Å². The normalized spacial score (nSPS) is 16.1. The first kappa shape index (κ1) is 63.5. The summed E-state index contributed by atoms with van der Waals surface area (Å²) in [6.07, 6.45) is 4.18. The summed E-state index contributed by atoms with van der Waals surface area (Å²) in [5.41, 5.74) is 7.34. The maximum atomic E-state index is 10.3. The zero-order chi connectivity index (χ0) is 56.7. The van der Waals surface area contributed by atoms with E-state index in [1.165, 1.54) is 33.4 Å². The zero-order valence-electron chi connectivity index (χ0n) is 47.9. The molecule has 3 atom stereocenters. The largest absolute Gasteiger partial charge is 0.497 e. The van der Waals surface area contributed by atoms with Gasteiger partial charge < -0.3 is 43.7 Å². The van der Waals surface area contributed by atoms with Gasteiger partial charge in [0.15, 0.2) is 0 Å². The van der Waals surface area contributed by atoms with Gasteiger partial charge in [0.05, 0.1) is 21.3 Å². The minimum Gasteiger partial charge on any atom is -0.497 e. The fourth-order valence-corrected chi connectivity index (χ4v) is 12.7. The predicted octanol–water partition coefficient (Wildman–Crippen LogP) is 9.81. The Hall–Kier alpha value is -5.07. The summed E-state index contributed by atoms with van der Waals surface area (Å²) in [4.78, 5) is 6.96. The summed E-state index contributed by atoms with van der Waals surface area (Å²) in [7, 11) is 5.05. The van der Waals surface area contributed by atoms with E-state index in [9.17, 15) is 15.3 Å². The Balaban J connectivity index is 0.000000175. The SMILES string of the molecule is COc1ccc(CCc2ccccc2OCC(O)CN2CCSCC2)cc1.COc1ccc(CCc2ccccc2OC[C@@H](O)CN2CCSCC2)cc1.COc1ccc(CCc2ccccc2OC[C@H](O)CN2CCSCC2)cc1. The van der Waals surface area contributed by atoms with Crippen LogP contribution in [0.5, 0.6) is 34.5 Å². The lowest BCUT2D eigenvalue weighted by Crippen LogP contribution is -2.40. The van der Waals surface area contributed by atoms with Crippen molar-refractivity contribution in [3.63, 3.8) is 0 Å². The van der Waals surface area contributed by atoms with Gasteiger partial charge in [-0.2, -0.15) is 35.3 Å². The molecule has 0 saturated carbocycles. The number of nitrogens with zero attached hydrogens (tertiary/aromatic N) is 3. The first-order chi connectivity index (χ1) is 39.7. The van der Waals surface area contributed by atoms with E-state index in [2.05, 4.69) is 69.3 Å². The van der Waals surface area contributed by atoms with Gasteiger partial charge in [0, 0.05) is 93.4 Å². The van der Waals surface area contributed by atoms with Crippen molar-refractivity contribution in [3.05, 3.63) is 179 Å². The molecule has 0 spiro atoms. The quantitative estimate of drug-likeness (QED) is 0.0453. The number of aliphatic hydroxyl groups is 3. The van der Waals surface area contributed by atoms with Crippen molar-refractivity contribution in [2.24, 2.45) is 0 Å². The minimum absolute atomic E-state index is 0.337. The number of aliphatic hydroxyl groups excluding tert-OH is 3. The Labute approximate surface area is 495 Å². The number of hydrogen-bond acceptors (Lipinski definition) is 15. The highest BCUT2D eigenvalue weighted by atomic mass is 32.2. The molecule has 0 amide bonds. The van der Waals surface area contributed by atoms with Gasteiger partial charge in [-0.25, -0.2) is 0 Å². The van der Waals surface area contributed by atoms with Crippen LogP contribution in [0.15, 0.2) is 146 Å². The van der Waals surface area contributed by atoms with Crippen molar-refractivity contribution < 1.29 is 43.7 Å². The second kappa shape index (κ2) is 36.5. The topological polar surface area (TPSA) is 126 Å². The molecule has 3 heterocycles. The van der Waals surface area contributed by atoms with Gasteiger partial charge in [-0.15, -0.1) is 0 Å². The monoisotopic (exact) mass is 1160 g/mol. The van der Waals surface area contributed by atoms with Crippen molar-refractivity contribution in [3.8, 4) is 34.5 Å². The molecule has 0 aromatic heterocycles. The Kier molecular flexibility index (Phi) is 28.6. The van der Waals surface area contributed by atoms with Crippen molar-refractivity contribution >= 4 is 35.3 Å². The standard InChI is InChI=1S/3C22H29NO3S/c3*1-25-21-10-7-18(8-11-21)6-9-19-4-2-3-5-22(19)26-17-20(24)16-23-12-14-27-15-13-23/h3*2-5,7-8,10-11,20,24H,6,9,12-17H2,1H3/t2*20-;/m10./s1. The summed E-state index contributed by atoms with van der Waals surface area (Å²) in [5, 5.41) is 31.0. The molecule has 15 heteroatoms. The smallest absolute Gasteiger partial charge is 0.122 e. The van der Waals surface area contributed by atoms with Crippen LogP contribution in [0, 0.1) is 0 Å². The number of β-amino-alcohol motifs (C(OH)–C–C–N with tert-alkyl or cyclic N) is 3. The molecule has 438 valence electrons. The van der Waals surface area contributed by atoms with E-state index in [-0.39, 0.29) is 0 Å². The lowest BCUT2D eigenvalue weighted by atomic mass is 10.0. The molecule has 3 fully saturated rings. The van der Waals surface area contributed by atoms with Gasteiger partial charge in [-0.1, -0.05) is 91.0 Å². The lowest BCUT2D eigenvalue weighted by Gasteiger charge is -2.28. The molecular formula is C66H87N3O9S3. The van der Waals surface area contributed by atoms with Crippen molar-refractivity contribution in [2.45, 2.75) is 56.8 Å². The number of hydrogen-bond donors (Lipinski definition) is 3. The number of rotatable bonds is 27. The highest BCUT2D eigenvalue weighted by Crippen LogP contribution is 2.25.